The van der Waals surface area contributed by atoms with Crippen molar-refractivity contribution in [1.29, 1.82) is 0 Å². The first-order valence-electron chi connectivity index (χ1n) is 5.43. The van der Waals surface area contributed by atoms with E-state index >= 15 is 0 Å². The van der Waals surface area contributed by atoms with Crippen LogP contribution in [0.3, 0.4) is 0 Å². The highest BCUT2D eigenvalue weighted by atomic mass is 32.1. The zero-order chi connectivity index (χ0) is 11.1. The maximum absolute atomic E-state index is 11.7. The Morgan fingerprint density at radius 1 is 1.44 bits per heavy atom. The molecule has 1 aromatic heterocycles. The number of nitrogens with one attached hydrogen (secondary N) is 1. The molecule has 1 atom stereocenters. The van der Waals surface area contributed by atoms with Gasteiger partial charge in [0.15, 0.2) is 0 Å². The molecule has 0 aromatic carbocycles. The van der Waals surface area contributed by atoms with Crippen molar-refractivity contribution in [2.24, 2.45) is 0 Å². The molecule has 3 amide bonds. The van der Waals surface area contributed by atoms with Crippen LogP contribution in [0.25, 0.3) is 0 Å². The number of imide groups is 1. The summed E-state index contributed by atoms with van der Waals surface area (Å²) in [5, 5.41) is 4.62. The van der Waals surface area contributed by atoms with Crippen LogP contribution >= 0.6 is 11.3 Å². The normalized spacial score (nSPS) is 24.5. The van der Waals surface area contributed by atoms with Gasteiger partial charge in [-0.05, 0) is 36.3 Å². The van der Waals surface area contributed by atoms with Gasteiger partial charge in [-0.1, -0.05) is 0 Å². The van der Waals surface area contributed by atoms with Gasteiger partial charge in [-0.25, -0.2) is 4.79 Å². The highest BCUT2D eigenvalue weighted by Crippen LogP contribution is 2.37. The largest absolute Gasteiger partial charge is 0.329 e. The third kappa shape index (κ3) is 1.35. The number of hydrogen-bond acceptors (Lipinski definition) is 3. The molecule has 4 nitrogen and oxygen atoms in total. The summed E-state index contributed by atoms with van der Waals surface area (Å²) < 4.78 is 0. The second-order valence-corrected chi connectivity index (χ2v) is 5.13. The van der Waals surface area contributed by atoms with Gasteiger partial charge in [-0.15, -0.1) is 11.3 Å². The monoisotopic (exact) mass is 236 g/mol. The third-order valence-corrected chi connectivity index (χ3v) is 4.21. The van der Waals surface area contributed by atoms with Crippen LogP contribution in [0.4, 0.5) is 4.79 Å². The molecule has 1 N–H and O–H groups in total. The molecule has 2 heterocycles. The van der Waals surface area contributed by atoms with E-state index in [1.807, 2.05) is 11.4 Å². The maximum Gasteiger partial charge on any atom is 0.325 e. The van der Waals surface area contributed by atoms with Crippen LogP contribution < -0.4 is 5.32 Å². The van der Waals surface area contributed by atoms with Crippen molar-refractivity contribution in [3.8, 4) is 0 Å². The Morgan fingerprint density at radius 3 is 3.06 bits per heavy atom. The molecule has 1 aliphatic heterocycles. The number of fused-ring (bicyclic) bond motifs is 1. The van der Waals surface area contributed by atoms with Gasteiger partial charge in [0.05, 0.1) is 12.6 Å². The lowest BCUT2D eigenvalue weighted by Gasteiger charge is -2.28. The van der Waals surface area contributed by atoms with E-state index in [1.165, 1.54) is 15.3 Å². The average molecular weight is 236 g/mol. The summed E-state index contributed by atoms with van der Waals surface area (Å²) >= 11 is 1.72. The molecular formula is C11H12N2O2S. The van der Waals surface area contributed by atoms with E-state index in [0.717, 1.165) is 19.3 Å². The Hall–Kier alpha value is -1.36. The minimum Gasteiger partial charge on any atom is -0.329 e. The molecule has 1 aliphatic carbocycles. The molecule has 0 radical (unpaired) electrons. The highest BCUT2D eigenvalue weighted by molar-refractivity contribution is 7.10. The molecule has 2 aliphatic rings. The van der Waals surface area contributed by atoms with Crippen LogP contribution in [-0.2, 0) is 11.2 Å². The van der Waals surface area contributed by atoms with Crippen molar-refractivity contribution < 1.29 is 9.59 Å². The Bertz CT molecular complexity index is 439. The maximum atomic E-state index is 11.7. The van der Waals surface area contributed by atoms with Gasteiger partial charge >= 0.3 is 6.03 Å². The molecule has 1 saturated heterocycles. The van der Waals surface area contributed by atoms with Crippen LogP contribution in [0.2, 0.25) is 0 Å². The molecular weight excluding hydrogens is 224 g/mol. The molecule has 0 saturated carbocycles. The molecule has 16 heavy (non-hydrogen) atoms. The molecule has 5 heteroatoms. The van der Waals surface area contributed by atoms with E-state index in [-0.39, 0.29) is 24.5 Å². The minimum absolute atomic E-state index is 0.0370. The lowest BCUT2D eigenvalue weighted by atomic mass is 9.93. The smallest absolute Gasteiger partial charge is 0.325 e. The van der Waals surface area contributed by atoms with Crippen molar-refractivity contribution in [2.45, 2.75) is 25.3 Å². The molecule has 84 valence electrons. The second-order valence-electron chi connectivity index (χ2n) is 4.13. The first-order chi connectivity index (χ1) is 7.77. The van der Waals surface area contributed by atoms with Gasteiger partial charge in [0.2, 0.25) is 0 Å². The van der Waals surface area contributed by atoms with Gasteiger partial charge in [0.25, 0.3) is 5.91 Å². The molecule has 0 spiro atoms. The van der Waals surface area contributed by atoms with Crippen molar-refractivity contribution in [3.05, 3.63) is 21.9 Å². The summed E-state index contributed by atoms with van der Waals surface area (Å²) in [5.74, 6) is -0.103. The van der Waals surface area contributed by atoms with Gasteiger partial charge in [-0.3, -0.25) is 9.69 Å². The van der Waals surface area contributed by atoms with Gasteiger partial charge < -0.3 is 5.32 Å². The highest BCUT2D eigenvalue weighted by Gasteiger charge is 2.37. The predicted molar refractivity (Wildman–Crippen MR) is 60.2 cm³/mol. The number of amides is 3. The van der Waals surface area contributed by atoms with Crippen LogP contribution in [0.5, 0.6) is 0 Å². The number of nitrogens with zero attached hydrogens (tertiary/aromatic N) is 1. The zero-order valence-corrected chi connectivity index (χ0v) is 9.55. The number of carbonyl (C=O) groups excluding carboxylic acids is 2. The lowest BCUT2D eigenvalue weighted by Crippen LogP contribution is -2.36. The standard InChI is InChI=1S/C11H12N2O2S/c14-10-6-12-11(15)13(10)8-2-1-3-9-7(8)4-5-16-9/h4-5,8H,1-3,6H2,(H,12,15). The Kier molecular flexibility index (Phi) is 2.21. The summed E-state index contributed by atoms with van der Waals surface area (Å²) in [6.07, 6.45) is 3.02. The van der Waals surface area contributed by atoms with Gasteiger partial charge in [-0.2, -0.15) is 0 Å². The van der Waals surface area contributed by atoms with Crippen LogP contribution in [0.15, 0.2) is 11.4 Å². The predicted octanol–water partition coefficient (Wildman–Crippen LogP) is 1.68. The number of carbonyl (C=O) groups is 2. The quantitative estimate of drug-likeness (QED) is 0.754. The van der Waals surface area contributed by atoms with Gasteiger partial charge in [0, 0.05) is 4.88 Å². The van der Waals surface area contributed by atoms with E-state index in [1.54, 1.807) is 11.3 Å². The molecule has 3 rings (SSSR count). The van der Waals surface area contributed by atoms with Crippen LogP contribution in [0, 0.1) is 0 Å². The molecule has 1 fully saturated rings. The minimum atomic E-state index is -0.242. The van der Waals surface area contributed by atoms with Crippen LogP contribution in [-0.4, -0.2) is 23.4 Å². The second kappa shape index (κ2) is 3.59. The number of urea groups is 1. The Balaban J connectivity index is 1.97. The fourth-order valence-electron chi connectivity index (χ4n) is 2.48. The number of rotatable bonds is 1. The number of hydrogen-bond donors (Lipinski definition) is 1. The summed E-state index contributed by atoms with van der Waals surface area (Å²) in [7, 11) is 0. The van der Waals surface area contributed by atoms with E-state index in [9.17, 15) is 9.59 Å². The fourth-order valence-corrected chi connectivity index (χ4v) is 3.46. The Morgan fingerprint density at radius 2 is 2.31 bits per heavy atom. The zero-order valence-electron chi connectivity index (χ0n) is 8.73. The van der Waals surface area contributed by atoms with Gasteiger partial charge in [0.1, 0.15) is 0 Å². The average Bonchev–Trinajstić information content (AvgIpc) is 2.86. The van der Waals surface area contributed by atoms with Crippen molar-refractivity contribution in [1.82, 2.24) is 10.2 Å². The summed E-state index contributed by atoms with van der Waals surface area (Å²) in [5.41, 5.74) is 1.17. The van der Waals surface area contributed by atoms with E-state index < -0.39 is 0 Å². The number of aryl methyl sites for hydroxylation is 1. The van der Waals surface area contributed by atoms with E-state index in [2.05, 4.69) is 5.32 Å². The Labute approximate surface area is 97.2 Å². The lowest BCUT2D eigenvalue weighted by molar-refractivity contribution is -0.126. The third-order valence-electron chi connectivity index (χ3n) is 3.21. The van der Waals surface area contributed by atoms with Crippen LogP contribution in [0.1, 0.15) is 29.3 Å². The van der Waals surface area contributed by atoms with Crippen molar-refractivity contribution in [3.63, 3.8) is 0 Å². The van der Waals surface area contributed by atoms with E-state index in [0.29, 0.717) is 0 Å². The summed E-state index contributed by atoms with van der Waals surface area (Å²) in [6, 6.07) is 1.77. The molecule has 1 unspecified atom stereocenters. The molecule has 1 aromatic rings. The SMILES string of the molecule is O=C1CNC(=O)N1C1CCCc2sccc21. The summed E-state index contributed by atoms with van der Waals surface area (Å²) in [6.45, 7) is 0.148. The van der Waals surface area contributed by atoms with Crippen molar-refractivity contribution in [2.75, 3.05) is 6.54 Å². The first kappa shape index (κ1) is 9.84. The number of thiophene rings is 1. The topological polar surface area (TPSA) is 49.4 Å². The molecule has 0 bridgehead atoms. The summed E-state index contributed by atoms with van der Waals surface area (Å²) in [4.78, 5) is 26.0. The first-order valence-corrected chi connectivity index (χ1v) is 6.31. The van der Waals surface area contributed by atoms with E-state index in [4.69, 9.17) is 0 Å². The van der Waals surface area contributed by atoms with Crippen molar-refractivity contribution >= 4 is 23.3 Å². The fraction of sp³-hybridized carbons (Fsp3) is 0.455.